The van der Waals surface area contributed by atoms with Crippen molar-refractivity contribution in [1.82, 2.24) is 10.6 Å². The molecule has 9 heteroatoms. The lowest BCUT2D eigenvalue weighted by atomic mass is 10.2. The minimum atomic E-state index is -0.607. The predicted octanol–water partition coefficient (Wildman–Crippen LogP) is 2.68. The third-order valence-corrected chi connectivity index (χ3v) is 3.37. The summed E-state index contributed by atoms with van der Waals surface area (Å²) in [5, 5.41) is 14.7. The number of hydrogen-bond donors (Lipinski definition) is 2. The highest BCUT2D eigenvalue weighted by Gasteiger charge is 2.06. The summed E-state index contributed by atoms with van der Waals surface area (Å²) in [5.74, 6) is -0.311. The Kier molecular flexibility index (Phi) is 9.29. The van der Waals surface area contributed by atoms with E-state index < -0.39 is 5.82 Å². The molecule has 3 N–H and O–H groups in total. The van der Waals surface area contributed by atoms with Gasteiger partial charge in [0.1, 0.15) is 23.2 Å². The van der Waals surface area contributed by atoms with E-state index in [9.17, 15) is 4.39 Å². The maximum Gasteiger partial charge on any atom is 0.182 e. The number of nitrogens with two attached hydrogens (primary N) is 1. The highest BCUT2D eigenvalue weighted by Crippen LogP contribution is 2.22. The molecular formula is C15H20FN5O2S. The number of ether oxygens (including phenoxy) is 1. The summed E-state index contributed by atoms with van der Waals surface area (Å²) in [6.45, 7) is 5.67. The molecule has 1 aromatic carbocycles. The van der Waals surface area contributed by atoms with Gasteiger partial charge < -0.3 is 10.5 Å². The van der Waals surface area contributed by atoms with Gasteiger partial charge in [-0.25, -0.2) is 9.40 Å². The zero-order chi connectivity index (χ0) is 17.8. The number of nitriles is 1. The quantitative estimate of drug-likeness (QED) is 0.289. The summed E-state index contributed by atoms with van der Waals surface area (Å²) in [6, 6.07) is 5.59. The first-order valence-electron chi connectivity index (χ1n) is 7.29. The summed E-state index contributed by atoms with van der Waals surface area (Å²) >= 11 is 1.07. The van der Waals surface area contributed by atoms with Crippen LogP contribution in [0.2, 0.25) is 0 Å². The van der Waals surface area contributed by atoms with Crippen LogP contribution in [-0.4, -0.2) is 23.6 Å². The standard InChI is InChI=1S/C15H20FN5O2S/c1-3-7-21(4-2)20-23-19-11-24-15(10-18)22-13-5-6-14(16)12(8-13)9-17/h5-6,8,10-11,20H,3-4,7,18H2,1-2H3/b15-10-,19-11+. The van der Waals surface area contributed by atoms with Gasteiger partial charge in [0, 0.05) is 25.4 Å². The van der Waals surface area contributed by atoms with Crippen molar-refractivity contribution in [2.75, 3.05) is 13.1 Å². The van der Waals surface area contributed by atoms with Gasteiger partial charge in [-0.15, -0.1) is 0 Å². The highest BCUT2D eigenvalue weighted by atomic mass is 32.2. The lowest BCUT2D eigenvalue weighted by molar-refractivity contribution is -0.0789. The lowest BCUT2D eigenvalue weighted by Gasteiger charge is -2.17. The van der Waals surface area contributed by atoms with Crippen molar-refractivity contribution in [3.05, 3.63) is 40.9 Å². The van der Waals surface area contributed by atoms with Crippen LogP contribution in [-0.2, 0) is 4.94 Å². The SMILES string of the molecule is CCCN(CC)NO/N=C/S/C(=C\N)Oc1ccc(F)c(C#N)c1. The number of oxime groups is 1. The van der Waals surface area contributed by atoms with E-state index in [2.05, 4.69) is 17.7 Å². The zero-order valence-corrected chi connectivity index (χ0v) is 14.3. The minimum Gasteiger partial charge on any atom is -0.449 e. The summed E-state index contributed by atoms with van der Waals surface area (Å²) < 4.78 is 18.7. The molecule has 130 valence electrons. The van der Waals surface area contributed by atoms with Gasteiger partial charge in [-0.05, 0) is 30.3 Å². The van der Waals surface area contributed by atoms with E-state index in [4.69, 9.17) is 20.7 Å². The maximum atomic E-state index is 13.3. The smallest absolute Gasteiger partial charge is 0.182 e. The normalized spacial score (nSPS) is 11.7. The van der Waals surface area contributed by atoms with Crippen molar-refractivity contribution in [3.8, 4) is 11.8 Å². The minimum absolute atomic E-state index is 0.106. The number of nitrogens with zero attached hydrogens (tertiary/aromatic N) is 3. The Morgan fingerprint density at radius 3 is 2.96 bits per heavy atom. The fourth-order valence-corrected chi connectivity index (χ4v) is 1.99. The second-order valence-electron chi connectivity index (χ2n) is 4.43. The molecule has 0 saturated heterocycles. The Bertz CT molecular complexity index is 618. The molecule has 0 heterocycles. The molecule has 0 aliphatic heterocycles. The fraction of sp³-hybridized carbons (Fsp3) is 0.333. The number of halogens is 1. The van der Waals surface area contributed by atoms with Crippen LogP contribution in [0.3, 0.4) is 0 Å². The van der Waals surface area contributed by atoms with Gasteiger partial charge in [0.05, 0.1) is 5.56 Å². The summed E-state index contributed by atoms with van der Waals surface area (Å²) in [6.07, 6.45) is 2.22. The van der Waals surface area contributed by atoms with Gasteiger partial charge in [0.25, 0.3) is 0 Å². The van der Waals surface area contributed by atoms with Crippen molar-refractivity contribution in [2.24, 2.45) is 10.9 Å². The number of thioether (sulfide) groups is 1. The molecule has 0 aromatic heterocycles. The van der Waals surface area contributed by atoms with Gasteiger partial charge in [0.15, 0.2) is 5.09 Å². The van der Waals surface area contributed by atoms with Gasteiger partial charge in [-0.3, -0.25) is 4.94 Å². The molecule has 0 radical (unpaired) electrons. The zero-order valence-electron chi connectivity index (χ0n) is 13.5. The van der Waals surface area contributed by atoms with E-state index >= 15 is 0 Å². The van der Waals surface area contributed by atoms with E-state index in [1.165, 1.54) is 23.9 Å². The predicted molar refractivity (Wildman–Crippen MR) is 91.9 cm³/mol. The third-order valence-electron chi connectivity index (χ3n) is 2.72. The molecule has 1 rings (SSSR count). The average molecular weight is 353 g/mol. The molecule has 0 amide bonds. The van der Waals surface area contributed by atoms with Crippen LogP contribution < -0.4 is 16.1 Å². The second-order valence-corrected chi connectivity index (χ2v) is 5.28. The molecule has 0 atom stereocenters. The molecule has 0 aliphatic rings. The molecule has 0 bridgehead atoms. The Morgan fingerprint density at radius 2 is 2.33 bits per heavy atom. The monoisotopic (exact) mass is 353 g/mol. The molecule has 0 spiro atoms. The third kappa shape index (κ3) is 6.87. The molecule has 7 nitrogen and oxygen atoms in total. The van der Waals surface area contributed by atoms with Crippen LogP contribution >= 0.6 is 11.8 Å². The number of rotatable bonds is 10. The van der Waals surface area contributed by atoms with Gasteiger partial charge in [-0.1, -0.05) is 24.6 Å². The first kappa shape index (κ1) is 19.8. The van der Waals surface area contributed by atoms with E-state index in [-0.39, 0.29) is 5.56 Å². The lowest BCUT2D eigenvalue weighted by Crippen LogP contribution is -2.37. The Balaban J connectivity index is 2.48. The van der Waals surface area contributed by atoms with E-state index in [1.807, 2.05) is 11.9 Å². The van der Waals surface area contributed by atoms with E-state index in [1.54, 1.807) is 6.07 Å². The largest absolute Gasteiger partial charge is 0.449 e. The molecule has 0 fully saturated rings. The van der Waals surface area contributed by atoms with Crippen molar-refractivity contribution in [1.29, 1.82) is 5.26 Å². The Hall–Kier alpha value is -2.28. The van der Waals surface area contributed by atoms with E-state index in [0.717, 1.165) is 37.3 Å². The van der Waals surface area contributed by atoms with Gasteiger partial charge in [0.2, 0.25) is 0 Å². The number of nitrogens with one attached hydrogen (secondary N) is 1. The van der Waals surface area contributed by atoms with Crippen molar-refractivity contribution >= 4 is 17.3 Å². The maximum absolute atomic E-state index is 13.3. The van der Waals surface area contributed by atoms with Crippen LogP contribution in [0.1, 0.15) is 25.8 Å². The molecule has 1 aromatic rings. The van der Waals surface area contributed by atoms with Gasteiger partial charge in [-0.2, -0.15) is 5.26 Å². The number of hydrazine groups is 1. The molecule has 24 heavy (non-hydrogen) atoms. The highest BCUT2D eigenvalue weighted by molar-refractivity contribution is 8.15. The van der Waals surface area contributed by atoms with Crippen LogP contribution in [0.4, 0.5) is 4.39 Å². The number of hydrogen-bond acceptors (Lipinski definition) is 8. The van der Waals surface area contributed by atoms with Crippen LogP contribution in [0, 0.1) is 17.1 Å². The summed E-state index contributed by atoms with van der Waals surface area (Å²) in [4.78, 5) is 4.94. The van der Waals surface area contributed by atoms with Crippen LogP contribution in [0.5, 0.6) is 5.75 Å². The molecular weight excluding hydrogens is 333 g/mol. The second kappa shape index (κ2) is 11.3. The van der Waals surface area contributed by atoms with Crippen molar-refractivity contribution in [3.63, 3.8) is 0 Å². The number of benzene rings is 1. The Labute approximate surface area is 144 Å². The summed E-state index contributed by atoms with van der Waals surface area (Å²) in [5.41, 5.74) is 9.44. The molecule has 0 unspecified atom stereocenters. The topological polar surface area (TPSA) is 95.9 Å². The van der Waals surface area contributed by atoms with Crippen LogP contribution in [0.15, 0.2) is 34.6 Å². The first-order valence-corrected chi connectivity index (χ1v) is 8.17. The van der Waals surface area contributed by atoms with Gasteiger partial charge >= 0.3 is 0 Å². The van der Waals surface area contributed by atoms with Crippen molar-refractivity contribution < 1.29 is 14.1 Å². The van der Waals surface area contributed by atoms with E-state index in [0.29, 0.717) is 10.8 Å². The molecule has 0 saturated carbocycles. The van der Waals surface area contributed by atoms with Crippen molar-refractivity contribution in [2.45, 2.75) is 20.3 Å². The molecule has 0 aliphatic carbocycles. The van der Waals surface area contributed by atoms with Crippen LogP contribution in [0.25, 0.3) is 0 Å². The Morgan fingerprint density at radius 1 is 1.54 bits per heavy atom. The fourth-order valence-electron chi connectivity index (χ4n) is 1.58. The first-order chi connectivity index (χ1) is 11.6. The summed E-state index contributed by atoms with van der Waals surface area (Å²) in [7, 11) is 0. The average Bonchev–Trinajstić information content (AvgIpc) is 2.60.